The lowest BCUT2D eigenvalue weighted by Gasteiger charge is -2.15. The van der Waals surface area contributed by atoms with E-state index in [1.807, 2.05) is 0 Å². The SMILES string of the molecule is CCCSCC(Cc1cccc(F)c1F)NN. The number of hydrogen-bond acceptors (Lipinski definition) is 3. The summed E-state index contributed by atoms with van der Waals surface area (Å²) in [6, 6.07) is 4.19. The summed E-state index contributed by atoms with van der Waals surface area (Å²) in [4.78, 5) is 0. The fraction of sp³-hybridized carbons (Fsp3) is 0.500. The molecule has 0 saturated carbocycles. The van der Waals surface area contributed by atoms with Crippen molar-refractivity contribution in [3.63, 3.8) is 0 Å². The van der Waals surface area contributed by atoms with Gasteiger partial charge < -0.3 is 0 Å². The quantitative estimate of drug-likeness (QED) is 0.449. The number of benzene rings is 1. The van der Waals surface area contributed by atoms with Crippen molar-refractivity contribution in [3.05, 3.63) is 35.4 Å². The summed E-state index contributed by atoms with van der Waals surface area (Å²) in [6.07, 6.45) is 1.49. The lowest BCUT2D eigenvalue weighted by atomic mass is 10.1. The second kappa shape index (κ2) is 7.63. The Hall–Kier alpha value is -0.650. The third-order valence-electron chi connectivity index (χ3n) is 2.40. The number of thioether (sulfide) groups is 1. The highest BCUT2D eigenvalue weighted by molar-refractivity contribution is 7.99. The van der Waals surface area contributed by atoms with Gasteiger partial charge in [-0.15, -0.1) is 0 Å². The molecule has 5 heteroatoms. The van der Waals surface area contributed by atoms with E-state index >= 15 is 0 Å². The van der Waals surface area contributed by atoms with Crippen molar-refractivity contribution in [2.24, 2.45) is 5.84 Å². The molecule has 0 amide bonds. The maximum atomic E-state index is 13.4. The van der Waals surface area contributed by atoms with E-state index in [9.17, 15) is 8.78 Å². The number of hydrogen-bond donors (Lipinski definition) is 2. The Morgan fingerprint density at radius 2 is 2.18 bits per heavy atom. The van der Waals surface area contributed by atoms with Crippen LogP contribution in [0.5, 0.6) is 0 Å². The van der Waals surface area contributed by atoms with Crippen LogP contribution in [0.25, 0.3) is 0 Å². The van der Waals surface area contributed by atoms with Crippen LogP contribution in [0.15, 0.2) is 18.2 Å². The number of hydrazine groups is 1. The molecule has 1 rings (SSSR count). The van der Waals surface area contributed by atoms with E-state index in [4.69, 9.17) is 5.84 Å². The molecule has 0 heterocycles. The van der Waals surface area contributed by atoms with E-state index in [1.54, 1.807) is 17.8 Å². The van der Waals surface area contributed by atoms with Gasteiger partial charge in [-0.1, -0.05) is 19.1 Å². The molecule has 0 fully saturated rings. The first-order chi connectivity index (χ1) is 8.19. The smallest absolute Gasteiger partial charge is 0.162 e. The van der Waals surface area contributed by atoms with Crippen molar-refractivity contribution in [1.82, 2.24) is 5.43 Å². The molecular formula is C12H18F2N2S. The molecule has 3 N–H and O–H groups in total. The van der Waals surface area contributed by atoms with E-state index in [1.165, 1.54) is 6.07 Å². The highest BCUT2D eigenvalue weighted by Gasteiger charge is 2.13. The molecule has 0 saturated heterocycles. The largest absolute Gasteiger partial charge is 0.271 e. The summed E-state index contributed by atoms with van der Waals surface area (Å²) < 4.78 is 26.4. The Morgan fingerprint density at radius 3 is 2.82 bits per heavy atom. The predicted octanol–water partition coefficient (Wildman–Crippen LogP) is 2.48. The summed E-state index contributed by atoms with van der Waals surface area (Å²) >= 11 is 1.76. The van der Waals surface area contributed by atoms with Crippen LogP contribution in [0.1, 0.15) is 18.9 Å². The van der Waals surface area contributed by atoms with Crippen molar-refractivity contribution in [2.45, 2.75) is 25.8 Å². The van der Waals surface area contributed by atoms with Crippen LogP contribution < -0.4 is 11.3 Å². The molecule has 0 spiro atoms. The molecule has 0 aromatic heterocycles. The molecule has 1 unspecified atom stereocenters. The van der Waals surface area contributed by atoms with Crippen LogP contribution in [0, 0.1) is 11.6 Å². The fourth-order valence-electron chi connectivity index (χ4n) is 1.51. The average molecular weight is 260 g/mol. The first-order valence-electron chi connectivity index (χ1n) is 5.65. The van der Waals surface area contributed by atoms with Crippen molar-refractivity contribution in [2.75, 3.05) is 11.5 Å². The van der Waals surface area contributed by atoms with E-state index < -0.39 is 11.6 Å². The molecular weight excluding hydrogens is 242 g/mol. The maximum Gasteiger partial charge on any atom is 0.162 e. The Morgan fingerprint density at radius 1 is 1.41 bits per heavy atom. The standard InChI is InChI=1S/C12H18F2N2S/c1-2-6-17-8-10(16-15)7-9-4-3-5-11(13)12(9)14/h3-5,10,16H,2,6-8,15H2,1H3. The van der Waals surface area contributed by atoms with Crippen molar-refractivity contribution in [1.29, 1.82) is 0 Å². The lowest BCUT2D eigenvalue weighted by Crippen LogP contribution is -2.39. The van der Waals surface area contributed by atoms with Crippen molar-refractivity contribution < 1.29 is 8.78 Å². The summed E-state index contributed by atoms with van der Waals surface area (Å²) in [5.41, 5.74) is 3.01. The summed E-state index contributed by atoms with van der Waals surface area (Å²) in [6.45, 7) is 2.10. The minimum atomic E-state index is -0.806. The van der Waals surface area contributed by atoms with Crippen LogP contribution in [0.2, 0.25) is 0 Å². The average Bonchev–Trinajstić information content (AvgIpc) is 2.33. The van der Waals surface area contributed by atoms with Gasteiger partial charge in [0.25, 0.3) is 0 Å². The lowest BCUT2D eigenvalue weighted by molar-refractivity contribution is 0.486. The van der Waals surface area contributed by atoms with E-state index in [2.05, 4.69) is 12.3 Å². The van der Waals surface area contributed by atoms with Crippen LogP contribution >= 0.6 is 11.8 Å². The number of nitrogens with two attached hydrogens (primary N) is 1. The van der Waals surface area contributed by atoms with Gasteiger partial charge >= 0.3 is 0 Å². The number of rotatable bonds is 7. The van der Waals surface area contributed by atoms with Gasteiger partial charge in [-0.25, -0.2) is 8.78 Å². The third kappa shape index (κ3) is 4.61. The highest BCUT2D eigenvalue weighted by atomic mass is 32.2. The minimum absolute atomic E-state index is 0.0390. The minimum Gasteiger partial charge on any atom is -0.271 e. The Bertz CT molecular complexity index is 347. The maximum absolute atomic E-state index is 13.4. The van der Waals surface area contributed by atoms with E-state index in [-0.39, 0.29) is 6.04 Å². The first-order valence-corrected chi connectivity index (χ1v) is 6.81. The van der Waals surface area contributed by atoms with Crippen LogP contribution in [0.3, 0.4) is 0 Å². The third-order valence-corrected chi connectivity index (χ3v) is 3.74. The van der Waals surface area contributed by atoms with Gasteiger partial charge in [-0.2, -0.15) is 11.8 Å². The summed E-state index contributed by atoms with van der Waals surface area (Å²) in [5.74, 6) is 5.67. The predicted molar refractivity (Wildman–Crippen MR) is 68.8 cm³/mol. The van der Waals surface area contributed by atoms with E-state index in [0.29, 0.717) is 12.0 Å². The monoisotopic (exact) mass is 260 g/mol. The van der Waals surface area contributed by atoms with Crippen molar-refractivity contribution in [3.8, 4) is 0 Å². The van der Waals surface area contributed by atoms with Gasteiger partial charge in [0.1, 0.15) is 0 Å². The Labute approximate surface area is 105 Å². The second-order valence-corrected chi connectivity index (χ2v) is 5.01. The topological polar surface area (TPSA) is 38.0 Å². The van der Waals surface area contributed by atoms with Gasteiger partial charge in [0, 0.05) is 11.8 Å². The fourth-order valence-corrected chi connectivity index (χ4v) is 2.46. The van der Waals surface area contributed by atoms with Gasteiger partial charge in [-0.3, -0.25) is 11.3 Å². The normalized spacial score (nSPS) is 12.7. The molecule has 1 aromatic carbocycles. The van der Waals surface area contributed by atoms with Gasteiger partial charge in [-0.05, 0) is 30.2 Å². The molecule has 0 aliphatic heterocycles. The zero-order valence-electron chi connectivity index (χ0n) is 9.88. The zero-order chi connectivity index (χ0) is 12.7. The number of nitrogens with one attached hydrogen (secondary N) is 1. The zero-order valence-corrected chi connectivity index (χ0v) is 10.7. The van der Waals surface area contributed by atoms with E-state index in [0.717, 1.165) is 24.0 Å². The molecule has 96 valence electrons. The molecule has 0 aliphatic rings. The molecule has 0 bridgehead atoms. The van der Waals surface area contributed by atoms with Crippen LogP contribution in [-0.4, -0.2) is 17.5 Å². The molecule has 2 nitrogen and oxygen atoms in total. The van der Waals surface area contributed by atoms with Crippen LogP contribution in [0.4, 0.5) is 8.78 Å². The molecule has 0 radical (unpaired) electrons. The van der Waals surface area contributed by atoms with Gasteiger partial charge in [0.2, 0.25) is 0 Å². The summed E-state index contributed by atoms with van der Waals surface area (Å²) in [5, 5.41) is 0. The first kappa shape index (κ1) is 14.4. The second-order valence-electron chi connectivity index (χ2n) is 3.86. The number of halogens is 2. The highest BCUT2D eigenvalue weighted by Crippen LogP contribution is 2.15. The Balaban J connectivity index is 2.57. The van der Waals surface area contributed by atoms with Crippen molar-refractivity contribution >= 4 is 11.8 Å². The molecule has 1 atom stereocenters. The molecule has 1 aromatic rings. The van der Waals surface area contributed by atoms with Gasteiger partial charge in [0.05, 0.1) is 0 Å². The molecule has 17 heavy (non-hydrogen) atoms. The molecule has 0 aliphatic carbocycles. The Kier molecular flexibility index (Phi) is 6.47. The van der Waals surface area contributed by atoms with Gasteiger partial charge in [0.15, 0.2) is 11.6 Å². The van der Waals surface area contributed by atoms with Crippen LogP contribution in [-0.2, 0) is 6.42 Å². The summed E-state index contributed by atoms with van der Waals surface area (Å²) in [7, 11) is 0.